The fourth-order valence-corrected chi connectivity index (χ4v) is 7.18. The van der Waals surface area contributed by atoms with Crippen LogP contribution in [-0.4, -0.2) is 18.5 Å². The zero-order chi connectivity index (χ0) is 21.5. The zero-order valence-electron chi connectivity index (χ0n) is 18.8. The minimum absolute atomic E-state index is 0.00517. The van der Waals surface area contributed by atoms with Crippen molar-refractivity contribution in [2.75, 3.05) is 6.61 Å². The van der Waals surface area contributed by atoms with Crippen LogP contribution >= 0.6 is 0 Å². The molecule has 4 atom stereocenters. The van der Waals surface area contributed by atoms with E-state index in [-0.39, 0.29) is 28.3 Å². The van der Waals surface area contributed by atoms with Crippen LogP contribution in [0.4, 0.5) is 0 Å². The third kappa shape index (κ3) is 3.20. The van der Waals surface area contributed by atoms with Gasteiger partial charge in [0.05, 0.1) is 25.9 Å². The lowest BCUT2D eigenvalue weighted by molar-refractivity contribution is -0.286. The standard InChI is InChI=1S/C28H34O3/c1-26(2)25(31-19-22-11-7-4-8-12-22)14-16-27-15-13-24(29)23(27)17-28(26,27)20-30-18-21-9-5-3-6-10-21/h3-12,23,25H,13-20H2,1-2H3/t23-,25?,27?,28+/m0/s1. The molecule has 1 spiro atoms. The highest BCUT2D eigenvalue weighted by Gasteiger charge is 2.76. The molecule has 0 aliphatic heterocycles. The number of carbonyl (C=O) groups excluding carboxylic acids is 1. The molecule has 0 radical (unpaired) electrons. The number of hydrogen-bond acceptors (Lipinski definition) is 3. The molecule has 3 aliphatic rings. The van der Waals surface area contributed by atoms with Crippen molar-refractivity contribution in [2.24, 2.45) is 22.2 Å². The minimum atomic E-state index is -0.0438. The summed E-state index contributed by atoms with van der Waals surface area (Å²) in [5, 5.41) is 0. The van der Waals surface area contributed by atoms with E-state index in [9.17, 15) is 4.79 Å². The van der Waals surface area contributed by atoms with Crippen molar-refractivity contribution in [2.45, 2.75) is 65.3 Å². The Kier molecular flexibility index (Phi) is 5.30. The number of ether oxygens (including phenoxy) is 2. The van der Waals surface area contributed by atoms with E-state index in [1.807, 2.05) is 12.1 Å². The smallest absolute Gasteiger partial charge is 0.136 e. The Balaban J connectivity index is 1.36. The predicted octanol–water partition coefficient (Wildman–Crippen LogP) is 5.96. The van der Waals surface area contributed by atoms with Crippen LogP contribution in [0.25, 0.3) is 0 Å². The third-order valence-corrected chi connectivity index (χ3v) is 9.02. The predicted molar refractivity (Wildman–Crippen MR) is 121 cm³/mol. The van der Waals surface area contributed by atoms with Crippen molar-refractivity contribution in [3.8, 4) is 0 Å². The molecule has 3 nitrogen and oxygen atoms in total. The fourth-order valence-electron chi connectivity index (χ4n) is 7.18. The van der Waals surface area contributed by atoms with Crippen LogP contribution in [0.3, 0.4) is 0 Å². The van der Waals surface area contributed by atoms with Gasteiger partial charge in [0, 0.05) is 17.8 Å². The van der Waals surface area contributed by atoms with E-state index in [0.29, 0.717) is 25.6 Å². The maximum Gasteiger partial charge on any atom is 0.136 e. The average molecular weight is 419 g/mol. The summed E-state index contributed by atoms with van der Waals surface area (Å²) in [5.41, 5.74) is 2.49. The summed E-state index contributed by atoms with van der Waals surface area (Å²) in [5.74, 6) is 0.723. The van der Waals surface area contributed by atoms with Crippen LogP contribution in [0.1, 0.15) is 57.1 Å². The average Bonchev–Trinajstić information content (AvgIpc) is 3.01. The number of Topliss-reactive ketones (excluding diaryl/α,β-unsaturated/α-hetero) is 1. The van der Waals surface area contributed by atoms with Crippen LogP contribution in [0.2, 0.25) is 0 Å². The summed E-state index contributed by atoms with van der Waals surface area (Å²) in [6, 6.07) is 20.8. The molecule has 0 aromatic heterocycles. The molecule has 2 aromatic rings. The van der Waals surface area contributed by atoms with Crippen LogP contribution in [0.15, 0.2) is 60.7 Å². The van der Waals surface area contributed by atoms with E-state index in [2.05, 4.69) is 62.4 Å². The van der Waals surface area contributed by atoms with Gasteiger partial charge in [0.15, 0.2) is 0 Å². The van der Waals surface area contributed by atoms with Gasteiger partial charge in [-0.3, -0.25) is 4.79 Å². The number of rotatable bonds is 7. The van der Waals surface area contributed by atoms with Crippen molar-refractivity contribution in [3.05, 3.63) is 71.8 Å². The highest BCUT2D eigenvalue weighted by atomic mass is 16.5. The second-order valence-electron chi connectivity index (χ2n) is 10.5. The molecule has 0 amide bonds. The van der Waals surface area contributed by atoms with Crippen LogP contribution in [-0.2, 0) is 27.5 Å². The number of carbonyl (C=O) groups is 1. The van der Waals surface area contributed by atoms with Gasteiger partial charge in [-0.25, -0.2) is 0 Å². The second kappa shape index (κ2) is 7.86. The Morgan fingerprint density at radius 3 is 2.19 bits per heavy atom. The first kappa shape index (κ1) is 20.9. The van der Waals surface area contributed by atoms with Crippen LogP contribution < -0.4 is 0 Å². The summed E-state index contributed by atoms with van der Waals surface area (Å²) >= 11 is 0. The molecule has 0 N–H and O–H groups in total. The topological polar surface area (TPSA) is 35.5 Å². The van der Waals surface area contributed by atoms with E-state index in [1.54, 1.807) is 0 Å². The highest BCUT2D eigenvalue weighted by molar-refractivity contribution is 5.86. The SMILES string of the molecule is CC1(C)C(OCc2ccccc2)CCC23CCC(=O)[C@@H]2C[C@@]13COCc1ccccc1. The molecule has 164 valence electrons. The molecular formula is C28H34O3. The number of ketones is 1. The number of benzene rings is 2. The summed E-state index contributed by atoms with van der Waals surface area (Å²) in [6.45, 7) is 6.72. The Hall–Kier alpha value is -1.97. The molecule has 3 heteroatoms. The third-order valence-electron chi connectivity index (χ3n) is 9.02. The van der Waals surface area contributed by atoms with E-state index < -0.39 is 0 Å². The van der Waals surface area contributed by atoms with Crippen molar-refractivity contribution in [1.82, 2.24) is 0 Å². The molecule has 0 saturated heterocycles. The first-order valence-electron chi connectivity index (χ1n) is 11.8. The van der Waals surface area contributed by atoms with Gasteiger partial charge >= 0.3 is 0 Å². The molecule has 3 fully saturated rings. The molecule has 3 aliphatic carbocycles. The summed E-state index contributed by atoms with van der Waals surface area (Å²) in [4.78, 5) is 12.7. The van der Waals surface area contributed by atoms with Gasteiger partial charge in [-0.15, -0.1) is 0 Å². The van der Waals surface area contributed by atoms with E-state index >= 15 is 0 Å². The summed E-state index contributed by atoms with van der Waals surface area (Å²) in [6.07, 6.45) is 5.02. The molecular weight excluding hydrogens is 384 g/mol. The Morgan fingerprint density at radius 2 is 1.55 bits per heavy atom. The zero-order valence-corrected chi connectivity index (χ0v) is 18.8. The van der Waals surface area contributed by atoms with Crippen molar-refractivity contribution in [1.29, 1.82) is 0 Å². The Morgan fingerprint density at radius 1 is 0.903 bits per heavy atom. The minimum Gasteiger partial charge on any atom is -0.376 e. The van der Waals surface area contributed by atoms with Gasteiger partial charge in [0.2, 0.25) is 0 Å². The van der Waals surface area contributed by atoms with Crippen molar-refractivity contribution in [3.63, 3.8) is 0 Å². The molecule has 0 bridgehead atoms. The highest BCUT2D eigenvalue weighted by Crippen LogP contribution is 2.77. The van der Waals surface area contributed by atoms with Crippen molar-refractivity contribution < 1.29 is 14.3 Å². The normalized spacial score (nSPS) is 33.4. The first-order chi connectivity index (χ1) is 15.0. The Labute approximate surface area is 186 Å². The van der Waals surface area contributed by atoms with Gasteiger partial charge < -0.3 is 9.47 Å². The molecule has 3 saturated carbocycles. The lowest BCUT2D eigenvalue weighted by Crippen LogP contribution is -2.71. The molecule has 31 heavy (non-hydrogen) atoms. The van der Waals surface area contributed by atoms with E-state index in [4.69, 9.17) is 9.47 Å². The Bertz CT molecular complexity index is 922. The second-order valence-corrected chi connectivity index (χ2v) is 10.5. The summed E-state index contributed by atoms with van der Waals surface area (Å²) in [7, 11) is 0. The van der Waals surface area contributed by atoms with Crippen molar-refractivity contribution >= 4 is 5.78 Å². The fraction of sp³-hybridized carbons (Fsp3) is 0.536. The maximum absolute atomic E-state index is 12.7. The molecule has 2 aromatic carbocycles. The lowest BCUT2D eigenvalue weighted by Gasteiger charge is -2.72. The number of hydrogen-bond donors (Lipinski definition) is 0. The lowest BCUT2D eigenvalue weighted by atomic mass is 9.33. The van der Waals surface area contributed by atoms with E-state index in [0.717, 1.165) is 32.1 Å². The summed E-state index contributed by atoms with van der Waals surface area (Å²) < 4.78 is 13.0. The van der Waals surface area contributed by atoms with Gasteiger partial charge in [-0.05, 0) is 47.6 Å². The molecule has 5 rings (SSSR count). The van der Waals surface area contributed by atoms with Crippen LogP contribution in [0.5, 0.6) is 0 Å². The van der Waals surface area contributed by atoms with Crippen LogP contribution in [0, 0.1) is 22.2 Å². The van der Waals surface area contributed by atoms with E-state index in [1.165, 1.54) is 11.1 Å². The molecule has 2 unspecified atom stereocenters. The largest absolute Gasteiger partial charge is 0.376 e. The molecule has 0 heterocycles. The monoisotopic (exact) mass is 418 g/mol. The van der Waals surface area contributed by atoms with Gasteiger partial charge in [0.1, 0.15) is 5.78 Å². The first-order valence-corrected chi connectivity index (χ1v) is 11.8. The van der Waals surface area contributed by atoms with Gasteiger partial charge in [-0.2, -0.15) is 0 Å². The quantitative estimate of drug-likeness (QED) is 0.556. The van der Waals surface area contributed by atoms with Gasteiger partial charge in [-0.1, -0.05) is 74.5 Å². The van der Waals surface area contributed by atoms with Gasteiger partial charge in [0.25, 0.3) is 0 Å². The maximum atomic E-state index is 12.7.